The molecule has 3 rings (SSSR count). The molecule has 1 N–H and O–H groups in total. The normalized spacial score (nSPS) is 11.9. The van der Waals surface area contributed by atoms with E-state index in [9.17, 15) is 5.11 Å². The van der Waals surface area contributed by atoms with E-state index in [2.05, 4.69) is 0 Å². The zero-order chi connectivity index (χ0) is 19.2. The molecule has 0 heterocycles. The molecule has 3 aromatic rings. The minimum absolute atomic E-state index is 0.182. The molecule has 3 aromatic carbocycles. The Hall–Kier alpha value is -1.95. The Balaban J connectivity index is 1.71. The van der Waals surface area contributed by atoms with Crippen LogP contribution in [0.15, 0.2) is 66.7 Å². The maximum absolute atomic E-state index is 10.0. The Labute approximate surface area is 171 Å². The molecule has 0 aliphatic heterocycles. The summed E-state index contributed by atoms with van der Waals surface area (Å²) in [4.78, 5) is 0. The molecule has 4 nitrogen and oxygen atoms in total. The van der Waals surface area contributed by atoms with Gasteiger partial charge in [0, 0.05) is 16.1 Å². The van der Waals surface area contributed by atoms with E-state index < -0.39 is 6.48 Å². The van der Waals surface area contributed by atoms with Gasteiger partial charge in [0.25, 0.3) is 0 Å². The molecular formula is C20H15Cl3O4. The zero-order valence-corrected chi connectivity index (χ0v) is 16.2. The van der Waals surface area contributed by atoms with Gasteiger partial charge in [0.1, 0.15) is 5.75 Å². The molecule has 1 atom stereocenters. The summed E-state index contributed by atoms with van der Waals surface area (Å²) in [5, 5.41) is 11.3. The number of aliphatic hydroxyl groups excluding tert-OH is 1. The fourth-order valence-electron chi connectivity index (χ4n) is 2.22. The molecule has 0 saturated carbocycles. The van der Waals surface area contributed by atoms with E-state index in [1.165, 1.54) is 6.07 Å². The molecule has 0 saturated heterocycles. The van der Waals surface area contributed by atoms with Gasteiger partial charge in [0.2, 0.25) is 0 Å². The van der Waals surface area contributed by atoms with Crippen LogP contribution in [0.1, 0.15) is 5.56 Å². The number of aliphatic hydroxyl groups is 1. The van der Waals surface area contributed by atoms with E-state index in [1.54, 1.807) is 30.3 Å². The van der Waals surface area contributed by atoms with Gasteiger partial charge < -0.3 is 19.3 Å². The predicted molar refractivity (Wildman–Crippen MR) is 106 cm³/mol. The lowest BCUT2D eigenvalue weighted by Gasteiger charge is -2.17. The summed E-state index contributed by atoms with van der Waals surface area (Å²) in [6.45, 7) is -1.33. The smallest absolute Gasteiger partial charge is 0.313 e. The van der Waals surface area contributed by atoms with Crippen molar-refractivity contribution in [2.45, 2.75) is 13.1 Å². The van der Waals surface area contributed by atoms with Crippen LogP contribution in [0.2, 0.25) is 15.1 Å². The lowest BCUT2D eigenvalue weighted by molar-refractivity contribution is -0.223. The van der Waals surface area contributed by atoms with Crippen LogP contribution in [0.4, 0.5) is 0 Å². The molecule has 0 aliphatic carbocycles. The van der Waals surface area contributed by atoms with Gasteiger partial charge in [-0.25, -0.2) is 0 Å². The van der Waals surface area contributed by atoms with Crippen molar-refractivity contribution in [3.63, 3.8) is 0 Å². The summed E-state index contributed by atoms with van der Waals surface area (Å²) in [6.07, 6.45) is 0. The molecule has 7 heteroatoms. The van der Waals surface area contributed by atoms with Crippen LogP contribution in [0.25, 0.3) is 0 Å². The van der Waals surface area contributed by atoms with Crippen molar-refractivity contribution in [2.24, 2.45) is 0 Å². The molecule has 1 unspecified atom stereocenters. The summed E-state index contributed by atoms with van der Waals surface area (Å²) >= 11 is 18.1. The average molecular weight is 426 g/mol. The second kappa shape index (κ2) is 9.31. The van der Waals surface area contributed by atoms with Gasteiger partial charge in [-0.1, -0.05) is 65.1 Å². The Kier molecular flexibility index (Phi) is 6.83. The van der Waals surface area contributed by atoms with Crippen molar-refractivity contribution in [3.8, 4) is 17.2 Å². The second-order valence-electron chi connectivity index (χ2n) is 5.49. The Bertz CT molecular complexity index is 903. The monoisotopic (exact) mass is 424 g/mol. The summed E-state index contributed by atoms with van der Waals surface area (Å²) in [6, 6.07) is 19.0. The van der Waals surface area contributed by atoms with Gasteiger partial charge in [0.15, 0.2) is 11.5 Å². The van der Waals surface area contributed by atoms with Crippen LogP contribution < -0.4 is 9.47 Å². The minimum atomic E-state index is -1.51. The van der Waals surface area contributed by atoms with Crippen molar-refractivity contribution in [1.29, 1.82) is 0 Å². The largest absolute Gasteiger partial charge is 0.452 e. The third kappa shape index (κ3) is 5.76. The van der Waals surface area contributed by atoms with Crippen LogP contribution in [0.5, 0.6) is 17.2 Å². The van der Waals surface area contributed by atoms with Gasteiger partial charge in [-0.05, 0) is 35.9 Å². The highest BCUT2D eigenvalue weighted by Gasteiger charge is 2.14. The van der Waals surface area contributed by atoms with E-state index >= 15 is 0 Å². The molecule has 0 amide bonds. The number of rotatable bonds is 7. The van der Waals surface area contributed by atoms with Crippen LogP contribution >= 0.6 is 34.8 Å². The maximum Gasteiger partial charge on any atom is 0.313 e. The van der Waals surface area contributed by atoms with Crippen molar-refractivity contribution in [1.82, 2.24) is 0 Å². The third-order valence-electron chi connectivity index (χ3n) is 3.48. The standard InChI is InChI=1S/C20H15Cl3O4/c21-14-6-8-17(16(23)10-14)26-18-9-7-15(22)11-19(18)27-20(24)25-12-13-4-2-1-3-5-13/h1-11,20,24H,12H2. The van der Waals surface area contributed by atoms with Crippen LogP contribution in [0, 0.1) is 0 Å². The molecule has 27 heavy (non-hydrogen) atoms. The summed E-state index contributed by atoms with van der Waals surface area (Å²) in [7, 11) is 0. The fraction of sp³-hybridized carbons (Fsp3) is 0.100. The highest BCUT2D eigenvalue weighted by molar-refractivity contribution is 6.35. The summed E-state index contributed by atoms with van der Waals surface area (Å²) in [5.41, 5.74) is 0.899. The van der Waals surface area contributed by atoms with E-state index in [-0.39, 0.29) is 12.4 Å². The SMILES string of the molecule is OC(OCc1ccccc1)Oc1cc(Cl)ccc1Oc1ccc(Cl)cc1Cl. The summed E-state index contributed by atoms with van der Waals surface area (Å²) < 4.78 is 16.5. The predicted octanol–water partition coefficient (Wildman–Crippen LogP) is 6.31. The topological polar surface area (TPSA) is 47.9 Å². The van der Waals surface area contributed by atoms with E-state index in [1.807, 2.05) is 30.3 Å². The van der Waals surface area contributed by atoms with Gasteiger partial charge in [0.05, 0.1) is 11.6 Å². The van der Waals surface area contributed by atoms with E-state index in [0.29, 0.717) is 26.6 Å². The average Bonchev–Trinajstić information content (AvgIpc) is 2.65. The first-order valence-corrected chi connectivity index (χ1v) is 9.07. The summed E-state index contributed by atoms with van der Waals surface area (Å²) in [5.74, 6) is 0.896. The Morgan fingerprint density at radius 1 is 0.778 bits per heavy atom. The van der Waals surface area contributed by atoms with Crippen LogP contribution in [-0.2, 0) is 11.3 Å². The number of hydrogen-bond acceptors (Lipinski definition) is 4. The first-order chi connectivity index (χ1) is 13.0. The van der Waals surface area contributed by atoms with E-state index in [4.69, 9.17) is 49.0 Å². The lowest BCUT2D eigenvalue weighted by Crippen LogP contribution is -2.19. The number of benzene rings is 3. The molecule has 0 fully saturated rings. The fourth-order valence-corrected chi connectivity index (χ4v) is 2.83. The second-order valence-corrected chi connectivity index (χ2v) is 6.77. The van der Waals surface area contributed by atoms with Crippen LogP contribution in [-0.4, -0.2) is 11.6 Å². The zero-order valence-electron chi connectivity index (χ0n) is 13.9. The molecule has 0 spiro atoms. The minimum Gasteiger partial charge on any atom is -0.452 e. The van der Waals surface area contributed by atoms with Crippen molar-refractivity contribution in [2.75, 3.05) is 0 Å². The Morgan fingerprint density at radius 2 is 1.44 bits per heavy atom. The maximum atomic E-state index is 10.0. The lowest BCUT2D eigenvalue weighted by atomic mass is 10.2. The molecule has 140 valence electrons. The first kappa shape index (κ1) is 19.8. The number of hydrogen-bond donors (Lipinski definition) is 1. The molecule has 0 radical (unpaired) electrons. The molecule has 0 bridgehead atoms. The van der Waals surface area contributed by atoms with Gasteiger partial charge in [-0.3, -0.25) is 0 Å². The molecule has 0 aliphatic rings. The molecule has 0 aromatic heterocycles. The van der Waals surface area contributed by atoms with Crippen molar-refractivity contribution in [3.05, 3.63) is 87.4 Å². The van der Waals surface area contributed by atoms with Gasteiger partial charge in [-0.15, -0.1) is 0 Å². The van der Waals surface area contributed by atoms with Crippen LogP contribution in [0.3, 0.4) is 0 Å². The van der Waals surface area contributed by atoms with Crippen molar-refractivity contribution >= 4 is 34.8 Å². The quantitative estimate of drug-likeness (QED) is 0.451. The highest BCUT2D eigenvalue weighted by atomic mass is 35.5. The van der Waals surface area contributed by atoms with E-state index in [0.717, 1.165) is 5.56 Å². The number of ether oxygens (including phenoxy) is 3. The third-order valence-corrected chi connectivity index (χ3v) is 4.25. The first-order valence-electron chi connectivity index (χ1n) is 7.94. The van der Waals surface area contributed by atoms with Gasteiger partial charge in [-0.2, -0.15) is 0 Å². The Morgan fingerprint density at radius 3 is 2.15 bits per heavy atom. The highest BCUT2D eigenvalue weighted by Crippen LogP contribution is 2.38. The molecular weight excluding hydrogens is 411 g/mol. The van der Waals surface area contributed by atoms with Crippen molar-refractivity contribution < 1.29 is 19.3 Å². The number of halogens is 3. The van der Waals surface area contributed by atoms with Gasteiger partial charge >= 0.3 is 6.48 Å².